The summed E-state index contributed by atoms with van der Waals surface area (Å²) in [6.07, 6.45) is 12.0. The van der Waals surface area contributed by atoms with Crippen LogP contribution in [0.5, 0.6) is 0 Å². The second-order valence-corrected chi connectivity index (χ2v) is 7.22. The third-order valence-corrected chi connectivity index (χ3v) is 5.21. The number of nitrogens with one attached hydrogen (secondary N) is 1. The molecule has 1 saturated carbocycles. The summed E-state index contributed by atoms with van der Waals surface area (Å²) in [5, 5.41) is 3.51. The molecule has 1 saturated heterocycles. The molecule has 0 bridgehead atoms. The van der Waals surface area contributed by atoms with E-state index < -0.39 is 0 Å². The first-order valence-electron chi connectivity index (χ1n) is 9.89. The molecular weight excluding hydrogens is 302 g/mol. The van der Waals surface area contributed by atoms with Crippen molar-refractivity contribution in [2.45, 2.75) is 63.9 Å². The van der Waals surface area contributed by atoms with E-state index in [1.807, 2.05) is 7.05 Å². The van der Waals surface area contributed by atoms with Crippen molar-refractivity contribution in [2.75, 3.05) is 47.0 Å². The Kier molecular flexibility index (Phi) is 9.51. The smallest absolute Gasteiger partial charge is 0.193 e. The van der Waals surface area contributed by atoms with Gasteiger partial charge in [0.25, 0.3) is 0 Å². The van der Waals surface area contributed by atoms with Crippen LogP contribution in [0.25, 0.3) is 0 Å². The van der Waals surface area contributed by atoms with E-state index in [4.69, 9.17) is 9.47 Å². The van der Waals surface area contributed by atoms with E-state index in [0.29, 0.717) is 12.0 Å². The number of methoxy groups -OCH3 is 1. The molecule has 0 aromatic carbocycles. The van der Waals surface area contributed by atoms with Crippen molar-refractivity contribution in [3.63, 3.8) is 0 Å². The zero-order valence-corrected chi connectivity index (χ0v) is 15.8. The van der Waals surface area contributed by atoms with Gasteiger partial charge < -0.3 is 19.7 Å². The molecule has 1 aliphatic carbocycles. The van der Waals surface area contributed by atoms with Crippen molar-refractivity contribution in [1.82, 2.24) is 10.2 Å². The largest absolute Gasteiger partial charge is 0.384 e. The molecule has 0 amide bonds. The van der Waals surface area contributed by atoms with E-state index in [0.717, 1.165) is 38.8 Å². The van der Waals surface area contributed by atoms with Gasteiger partial charge in [0.15, 0.2) is 5.96 Å². The van der Waals surface area contributed by atoms with Gasteiger partial charge >= 0.3 is 0 Å². The molecule has 1 aliphatic heterocycles. The van der Waals surface area contributed by atoms with Crippen molar-refractivity contribution >= 4 is 5.96 Å². The Balaban J connectivity index is 1.48. The first kappa shape index (κ1) is 19.5. The monoisotopic (exact) mass is 339 g/mol. The highest BCUT2D eigenvalue weighted by atomic mass is 16.5. The summed E-state index contributed by atoms with van der Waals surface area (Å²) >= 11 is 0. The summed E-state index contributed by atoms with van der Waals surface area (Å²) in [6, 6.07) is 0. The Morgan fingerprint density at radius 1 is 1.12 bits per heavy atom. The number of hydrogen-bond donors (Lipinski definition) is 1. The van der Waals surface area contributed by atoms with Crippen LogP contribution in [0.15, 0.2) is 4.99 Å². The first-order chi connectivity index (χ1) is 11.8. The molecule has 0 aromatic heterocycles. The van der Waals surface area contributed by atoms with E-state index in [1.165, 1.54) is 57.8 Å². The average molecular weight is 340 g/mol. The van der Waals surface area contributed by atoms with E-state index in [9.17, 15) is 0 Å². The molecule has 2 fully saturated rings. The van der Waals surface area contributed by atoms with Gasteiger partial charge in [0.1, 0.15) is 0 Å². The van der Waals surface area contributed by atoms with Crippen LogP contribution in [0.1, 0.15) is 57.8 Å². The van der Waals surface area contributed by atoms with Gasteiger partial charge in [-0.05, 0) is 38.5 Å². The molecule has 140 valence electrons. The van der Waals surface area contributed by atoms with Crippen molar-refractivity contribution in [1.29, 1.82) is 0 Å². The molecule has 1 heterocycles. The Morgan fingerprint density at radius 2 is 1.96 bits per heavy atom. The lowest BCUT2D eigenvalue weighted by atomic mass is 9.98. The number of nitrogens with zero attached hydrogens (tertiary/aromatic N) is 2. The van der Waals surface area contributed by atoms with E-state index in [2.05, 4.69) is 15.2 Å². The van der Waals surface area contributed by atoms with Crippen LogP contribution in [0.3, 0.4) is 0 Å². The molecule has 2 rings (SSSR count). The Labute approximate surface area is 148 Å². The number of guanidine groups is 1. The summed E-state index contributed by atoms with van der Waals surface area (Å²) in [5.41, 5.74) is 0. The highest BCUT2D eigenvalue weighted by Gasteiger charge is 2.24. The van der Waals surface area contributed by atoms with Gasteiger partial charge in [-0.1, -0.05) is 19.3 Å². The van der Waals surface area contributed by atoms with Crippen LogP contribution in [0.4, 0.5) is 0 Å². The molecule has 2 aliphatic rings. The fraction of sp³-hybridized carbons (Fsp3) is 0.947. The van der Waals surface area contributed by atoms with Crippen molar-refractivity contribution < 1.29 is 9.47 Å². The van der Waals surface area contributed by atoms with Crippen LogP contribution in [-0.4, -0.2) is 64.0 Å². The highest BCUT2D eigenvalue weighted by Crippen LogP contribution is 2.20. The zero-order valence-electron chi connectivity index (χ0n) is 15.8. The predicted octanol–water partition coefficient (Wildman–Crippen LogP) is 3.05. The summed E-state index contributed by atoms with van der Waals surface area (Å²) in [7, 11) is 3.66. The molecule has 1 N–H and O–H groups in total. The van der Waals surface area contributed by atoms with Crippen LogP contribution in [-0.2, 0) is 9.47 Å². The van der Waals surface area contributed by atoms with Crippen LogP contribution < -0.4 is 5.32 Å². The lowest BCUT2D eigenvalue weighted by Gasteiger charge is -2.22. The minimum Gasteiger partial charge on any atom is -0.384 e. The normalized spacial score (nSPS) is 23.0. The first-order valence-corrected chi connectivity index (χ1v) is 9.89. The van der Waals surface area contributed by atoms with E-state index in [1.54, 1.807) is 7.11 Å². The summed E-state index contributed by atoms with van der Waals surface area (Å²) in [5.74, 6) is 1.69. The van der Waals surface area contributed by atoms with Gasteiger partial charge in [-0.25, -0.2) is 0 Å². The summed E-state index contributed by atoms with van der Waals surface area (Å²) < 4.78 is 11.3. The Morgan fingerprint density at radius 3 is 2.71 bits per heavy atom. The Hall–Kier alpha value is -0.810. The van der Waals surface area contributed by atoms with Crippen molar-refractivity contribution in [2.24, 2.45) is 10.9 Å². The number of rotatable bonds is 9. The van der Waals surface area contributed by atoms with Gasteiger partial charge in [-0.3, -0.25) is 4.99 Å². The second kappa shape index (κ2) is 11.7. The van der Waals surface area contributed by atoms with Gasteiger partial charge in [0.2, 0.25) is 0 Å². The van der Waals surface area contributed by atoms with Gasteiger partial charge in [-0.2, -0.15) is 0 Å². The lowest BCUT2D eigenvalue weighted by Crippen LogP contribution is -2.40. The van der Waals surface area contributed by atoms with E-state index in [-0.39, 0.29) is 0 Å². The molecule has 1 unspecified atom stereocenters. The molecule has 24 heavy (non-hydrogen) atoms. The minimum absolute atomic E-state index is 0.547. The van der Waals surface area contributed by atoms with Crippen molar-refractivity contribution in [3.05, 3.63) is 0 Å². The molecule has 0 radical (unpaired) electrons. The lowest BCUT2D eigenvalue weighted by molar-refractivity contribution is 0.0264. The summed E-state index contributed by atoms with van der Waals surface area (Å²) in [6.45, 7) is 4.94. The zero-order chi connectivity index (χ0) is 17.0. The second-order valence-electron chi connectivity index (χ2n) is 7.22. The van der Waals surface area contributed by atoms with Crippen LogP contribution in [0, 0.1) is 5.92 Å². The molecule has 0 aromatic rings. The molecular formula is C19H37N3O2. The maximum absolute atomic E-state index is 5.98. The average Bonchev–Trinajstić information content (AvgIpc) is 3.07. The van der Waals surface area contributed by atoms with E-state index >= 15 is 0 Å². The molecule has 5 heteroatoms. The minimum atomic E-state index is 0.547. The third kappa shape index (κ3) is 6.98. The summed E-state index contributed by atoms with van der Waals surface area (Å²) in [4.78, 5) is 6.78. The van der Waals surface area contributed by atoms with Crippen molar-refractivity contribution in [3.8, 4) is 0 Å². The van der Waals surface area contributed by atoms with Gasteiger partial charge in [-0.15, -0.1) is 0 Å². The topological polar surface area (TPSA) is 46.1 Å². The SMILES string of the molecule is CN=C(NCCCCCOC1CCCCC1)N1CCC(COC)C1. The standard InChI is InChI=1S/C19H37N3O2/c1-20-19(22-13-11-17(15-22)16-23-2)21-12-7-4-8-14-24-18-9-5-3-6-10-18/h17-18H,3-16H2,1-2H3,(H,20,21). The quantitative estimate of drug-likeness (QED) is 0.398. The maximum Gasteiger partial charge on any atom is 0.193 e. The number of ether oxygens (including phenoxy) is 2. The number of likely N-dealkylation sites (tertiary alicyclic amines) is 1. The number of aliphatic imine (C=N–C) groups is 1. The van der Waals surface area contributed by atoms with Gasteiger partial charge in [0.05, 0.1) is 12.7 Å². The molecule has 1 atom stereocenters. The fourth-order valence-corrected chi connectivity index (χ4v) is 3.81. The highest BCUT2D eigenvalue weighted by molar-refractivity contribution is 5.80. The number of unbranched alkanes of at least 4 members (excludes halogenated alkanes) is 2. The predicted molar refractivity (Wildman–Crippen MR) is 99.6 cm³/mol. The van der Waals surface area contributed by atoms with Crippen LogP contribution in [0.2, 0.25) is 0 Å². The van der Waals surface area contributed by atoms with Crippen LogP contribution >= 0.6 is 0 Å². The molecule has 0 spiro atoms. The third-order valence-electron chi connectivity index (χ3n) is 5.21. The Bertz CT molecular complexity index is 357. The van der Waals surface area contributed by atoms with Gasteiger partial charge in [0, 0.05) is 46.3 Å². The fourth-order valence-electron chi connectivity index (χ4n) is 3.81. The number of hydrogen-bond acceptors (Lipinski definition) is 3. The maximum atomic E-state index is 5.98. The molecule has 5 nitrogen and oxygen atoms in total.